The number of nitrogens with one attached hydrogen (secondary N) is 1. The number of halogens is 1. The zero-order valence-electron chi connectivity index (χ0n) is 9.45. The average molecular weight is 260 g/mol. The molecule has 1 rings (SSSR count). The van der Waals surface area contributed by atoms with Crippen molar-refractivity contribution in [1.29, 1.82) is 0 Å². The van der Waals surface area contributed by atoms with Gasteiger partial charge in [0, 0.05) is 6.04 Å². The molecule has 0 spiro atoms. The number of hydrogen-bond donors (Lipinski definition) is 1. The Balaban J connectivity index is 3.12. The fourth-order valence-electron chi connectivity index (χ4n) is 1.06. The number of rotatable bonds is 5. The van der Waals surface area contributed by atoms with E-state index in [9.17, 15) is 4.79 Å². The number of anilines is 1. The van der Waals surface area contributed by atoms with Crippen molar-refractivity contribution in [2.45, 2.75) is 31.5 Å². The van der Waals surface area contributed by atoms with Crippen LogP contribution in [0.1, 0.15) is 30.6 Å². The van der Waals surface area contributed by atoms with Crippen molar-refractivity contribution in [3.63, 3.8) is 0 Å². The fraction of sp³-hybridized carbons (Fsp3) is 0.500. The first kappa shape index (κ1) is 13.3. The number of carbonyl (C=O) groups excluding carboxylic acids is 1. The number of aldehydes is 1. The van der Waals surface area contributed by atoms with Gasteiger partial charge in [-0.1, -0.05) is 30.3 Å². The smallest absolute Gasteiger partial charge is 0.190 e. The molecule has 0 aliphatic heterocycles. The zero-order valence-corrected chi connectivity index (χ0v) is 11.0. The number of carbonyl (C=O) groups is 1. The highest BCUT2D eigenvalue weighted by molar-refractivity contribution is 7.98. The van der Waals surface area contributed by atoms with Crippen LogP contribution in [-0.4, -0.2) is 28.6 Å². The van der Waals surface area contributed by atoms with Crippen molar-refractivity contribution in [3.8, 4) is 0 Å². The van der Waals surface area contributed by atoms with E-state index >= 15 is 0 Å². The summed E-state index contributed by atoms with van der Waals surface area (Å²) in [5.41, 5.74) is 0.319. The summed E-state index contributed by atoms with van der Waals surface area (Å²) in [4.78, 5) is 19.1. The lowest BCUT2D eigenvalue weighted by molar-refractivity contribution is 0.112. The highest BCUT2D eigenvalue weighted by Crippen LogP contribution is 2.23. The molecule has 0 saturated heterocycles. The maximum absolute atomic E-state index is 10.9. The number of nitrogens with zero attached hydrogens (tertiary/aromatic N) is 2. The molecule has 1 N–H and O–H groups in total. The summed E-state index contributed by atoms with van der Waals surface area (Å²) in [6.45, 7) is 4.07. The van der Waals surface area contributed by atoms with Crippen LogP contribution in [0.5, 0.6) is 0 Å². The van der Waals surface area contributed by atoms with Crippen LogP contribution in [0.4, 0.5) is 5.82 Å². The minimum atomic E-state index is 0.195. The molecule has 0 radical (unpaired) electrons. The van der Waals surface area contributed by atoms with Gasteiger partial charge >= 0.3 is 0 Å². The van der Waals surface area contributed by atoms with Gasteiger partial charge in [0.05, 0.1) is 5.56 Å². The molecule has 1 aromatic rings. The molecule has 4 nitrogen and oxygen atoms in total. The molecule has 0 aliphatic carbocycles. The van der Waals surface area contributed by atoms with E-state index in [-0.39, 0.29) is 11.2 Å². The predicted octanol–water partition coefficient (Wildman–Crippen LogP) is 2.87. The molecule has 16 heavy (non-hydrogen) atoms. The van der Waals surface area contributed by atoms with Crippen molar-refractivity contribution in [1.82, 2.24) is 9.97 Å². The van der Waals surface area contributed by atoms with E-state index in [4.69, 9.17) is 11.6 Å². The van der Waals surface area contributed by atoms with Gasteiger partial charge in [0.1, 0.15) is 11.0 Å². The predicted molar refractivity (Wildman–Crippen MR) is 67.6 cm³/mol. The van der Waals surface area contributed by atoms with Gasteiger partial charge in [-0.2, -0.15) is 0 Å². The first-order chi connectivity index (χ1) is 7.62. The van der Waals surface area contributed by atoms with Crippen LogP contribution in [0.25, 0.3) is 0 Å². The highest BCUT2D eigenvalue weighted by Gasteiger charge is 2.13. The summed E-state index contributed by atoms with van der Waals surface area (Å²) >= 11 is 7.29. The molecule has 0 aliphatic rings. The summed E-state index contributed by atoms with van der Waals surface area (Å²) in [5.74, 6) is 0.508. The Morgan fingerprint density at radius 2 is 2.25 bits per heavy atom. The minimum Gasteiger partial charge on any atom is -0.367 e. The Morgan fingerprint density at radius 3 is 2.75 bits per heavy atom. The second kappa shape index (κ2) is 6.06. The molecule has 1 aromatic heterocycles. The standard InChI is InChI=1S/C10H14ClN3OS/c1-4-6(2)12-9-7(5-15)8(11)13-10(14-9)16-3/h5-6H,4H2,1-3H3,(H,12,13,14)/t6-/m0/s1. The van der Waals surface area contributed by atoms with E-state index in [1.807, 2.05) is 13.2 Å². The summed E-state index contributed by atoms with van der Waals surface area (Å²) < 4.78 is 0. The van der Waals surface area contributed by atoms with Gasteiger partial charge in [-0.3, -0.25) is 4.79 Å². The third kappa shape index (κ3) is 3.09. The highest BCUT2D eigenvalue weighted by atomic mass is 35.5. The number of aromatic nitrogens is 2. The van der Waals surface area contributed by atoms with Crippen molar-refractivity contribution in [2.75, 3.05) is 11.6 Å². The van der Waals surface area contributed by atoms with Gasteiger partial charge < -0.3 is 5.32 Å². The van der Waals surface area contributed by atoms with Gasteiger partial charge in [-0.05, 0) is 19.6 Å². The Labute approximate surface area is 104 Å². The van der Waals surface area contributed by atoms with Crippen LogP contribution in [0.2, 0.25) is 5.15 Å². The van der Waals surface area contributed by atoms with E-state index < -0.39 is 0 Å². The monoisotopic (exact) mass is 259 g/mol. The molecule has 0 aromatic carbocycles. The van der Waals surface area contributed by atoms with Crippen LogP contribution in [0, 0.1) is 0 Å². The Morgan fingerprint density at radius 1 is 1.56 bits per heavy atom. The molecule has 0 amide bonds. The summed E-state index contributed by atoms with van der Waals surface area (Å²) in [6.07, 6.45) is 3.48. The van der Waals surface area contributed by atoms with E-state index in [1.165, 1.54) is 11.8 Å². The zero-order chi connectivity index (χ0) is 12.1. The summed E-state index contributed by atoms with van der Waals surface area (Å²) in [7, 11) is 0. The first-order valence-electron chi connectivity index (χ1n) is 4.95. The third-order valence-corrected chi connectivity index (χ3v) is 3.01. The molecular weight excluding hydrogens is 246 g/mol. The molecule has 0 bridgehead atoms. The molecule has 1 heterocycles. The van der Waals surface area contributed by atoms with Crippen molar-refractivity contribution in [3.05, 3.63) is 10.7 Å². The van der Waals surface area contributed by atoms with E-state index in [0.717, 1.165) is 6.42 Å². The Kier molecular flexibility index (Phi) is 5.02. The summed E-state index contributed by atoms with van der Waals surface area (Å²) in [6, 6.07) is 0.236. The van der Waals surface area contributed by atoms with Crippen LogP contribution in [0.3, 0.4) is 0 Å². The van der Waals surface area contributed by atoms with E-state index in [0.29, 0.717) is 22.8 Å². The SMILES string of the molecule is CC[C@H](C)Nc1nc(SC)nc(Cl)c1C=O. The van der Waals surface area contributed by atoms with Crippen molar-refractivity contribution in [2.24, 2.45) is 0 Å². The quantitative estimate of drug-likeness (QED) is 0.381. The lowest BCUT2D eigenvalue weighted by atomic mass is 10.2. The Hall–Kier alpha value is -0.810. The fourth-order valence-corrected chi connectivity index (χ4v) is 1.69. The van der Waals surface area contributed by atoms with Crippen molar-refractivity contribution < 1.29 is 4.79 Å². The molecular formula is C10H14ClN3OS. The topological polar surface area (TPSA) is 54.9 Å². The lowest BCUT2D eigenvalue weighted by Gasteiger charge is -2.14. The second-order valence-corrected chi connectivity index (χ2v) is 4.47. The maximum atomic E-state index is 10.9. The average Bonchev–Trinajstić information content (AvgIpc) is 2.28. The largest absolute Gasteiger partial charge is 0.367 e. The van der Waals surface area contributed by atoms with Gasteiger partial charge in [0.2, 0.25) is 0 Å². The van der Waals surface area contributed by atoms with E-state index in [2.05, 4.69) is 22.2 Å². The van der Waals surface area contributed by atoms with Crippen LogP contribution in [0.15, 0.2) is 5.16 Å². The van der Waals surface area contributed by atoms with Gasteiger partial charge in [0.15, 0.2) is 11.4 Å². The van der Waals surface area contributed by atoms with Gasteiger partial charge in [-0.25, -0.2) is 9.97 Å². The molecule has 88 valence electrons. The maximum Gasteiger partial charge on any atom is 0.190 e. The van der Waals surface area contributed by atoms with Crippen molar-refractivity contribution >= 4 is 35.5 Å². The molecule has 0 unspecified atom stereocenters. The molecule has 0 fully saturated rings. The van der Waals surface area contributed by atoms with E-state index in [1.54, 1.807) is 0 Å². The summed E-state index contributed by atoms with van der Waals surface area (Å²) in [5, 5.41) is 3.90. The molecule has 1 atom stereocenters. The number of thioether (sulfide) groups is 1. The molecule has 6 heteroatoms. The normalized spacial score (nSPS) is 12.2. The first-order valence-corrected chi connectivity index (χ1v) is 6.55. The minimum absolute atomic E-state index is 0.195. The Bertz CT molecular complexity index is 387. The van der Waals surface area contributed by atoms with Gasteiger partial charge in [-0.15, -0.1) is 0 Å². The molecule has 0 saturated carbocycles. The van der Waals surface area contributed by atoms with Gasteiger partial charge in [0.25, 0.3) is 0 Å². The van der Waals surface area contributed by atoms with Crippen LogP contribution < -0.4 is 5.32 Å². The lowest BCUT2D eigenvalue weighted by Crippen LogP contribution is -2.16. The van der Waals surface area contributed by atoms with Crippen LogP contribution in [-0.2, 0) is 0 Å². The number of hydrogen-bond acceptors (Lipinski definition) is 5. The second-order valence-electron chi connectivity index (χ2n) is 3.33. The van der Waals surface area contributed by atoms with Crippen LogP contribution >= 0.6 is 23.4 Å². The third-order valence-electron chi connectivity index (χ3n) is 2.17.